The topological polar surface area (TPSA) is 107 Å². The van der Waals surface area contributed by atoms with Crippen molar-refractivity contribution >= 4 is 41.4 Å². The standard InChI is InChI=1S/C28H32N4O5S/c1-19-2-7-21(8-3-19)27(33)32(24-12-14-36-15-13-24)26-25(37-28(34)35)16-31(30-26)23-10-5-20(6-11-23)4-9-22-17-38-18-29-22/h4-6,9-11,16-19,21,24H,2-3,7-8,12-15H2,1H3,(H,34,35)/b9-4-. The highest BCUT2D eigenvalue weighted by molar-refractivity contribution is 7.07. The average molecular weight is 537 g/mol. The molecule has 0 spiro atoms. The van der Waals surface area contributed by atoms with Crippen LogP contribution in [0.1, 0.15) is 56.7 Å². The second kappa shape index (κ2) is 11.9. The highest BCUT2D eigenvalue weighted by Gasteiger charge is 2.37. The molecule has 1 saturated carbocycles. The summed E-state index contributed by atoms with van der Waals surface area (Å²) in [6.45, 7) is 3.31. The fourth-order valence-electron chi connectivity index (χ4n) is 5.14. The molecule has 0 atom stereocenters. The first-order valence-electron chi connectivity index (χ1n) is 13.1. The van der Waals surface area contributed by atoms with Crippen LogP contribution in [0, 0.1) is 11.8 Å². The monoisotopic (exact) mass is 536 g/mol. The molecule has 1 amide bonds. The van der Waals surface area contributed by atoms with Crippen LogP contribution >= 0.6 is 11.3 Å². The summed E-state index contributed by atoms with van der Waals surface area (Å²) >= 11 is 1.54. The molecule has 1 aliphatic carbocycles. The van der Waals surface area contributed by atoms with Gasteiger partial charge in [-0.1, -0.05) is 25.1 Å². The van der Waals surface area contributed by atoms with Gasteiger partial charge in [0, 0.05) is 30.6 Å². The lowest BCUT2D eigenvalue weighted by Crippen LogP contribution is -2.47. The van der Waals surface area contributed by atoms with E-state index in [0.29, 0.717) is 32.0 Å². The summed E-state index contributed by atoms with van der Waals surface area (Å²) in [7, 11) is 0. The number of anilines is 1. The van der Waals surface area contributed by atoms with Crippen molar-refractivity contribution in [2.75, 3.05) is 18.1 Å². The zero-order valence-corrected chi connectivity index (χ0v) is 22.2. The number of carboxylic acid groups (broad SMARTS) is 1. The normalized spacial score (nSPS) is 20.4. The van der Waals surface area contributed by atoms with Crippen molar-refractivity contribution in [2.45, 2.75) is 51.5 Å². The molecule has 5 rings (SSSR count). The van der Waals surface area contributed by atoms with Crippen molar-refractivity contribution in [1.29, 1.82) is 0 Å². The van der Waals surface area contributed by atoms with Crippen molar-refractivity contribution in [3.63, 3.8) is 0 Å². The molecule has 0 unspecified atom stereocenters. The van der Waals surface area contributed by atoms with E-state index in [4.69, 9.17) is 14.6 Å². The predicted octanol–water partition coefficient (Wildman–Crippen LogP) is 5.89. The minimum Gasteiger partial charge on any atom is -0.449 e. The third-order valence-electron chi connectivity index (χ3n) is 7.30. The van der Waals surface area contributed by atoms with Crippen molar-refractivity contribution in [1.82, 2.24) is 14.8 Å². The summed E-state index contributed by atoms with van der Waals surface area (Å²) < 4.78 is 12.3. The predicted molar refractivity (Wildman–Crippen MR) is 146 cm³/mol. The van der Waals surface area contributed by atoms with Gasteiger partial charge in [0.15, 0.2) is 5.75 Å². The summed E-state index contributed by atoms with van der Waals surface area (Å²) in [5.74, 6) is 0.789. The number of thiazole rings is 1. The molecule has 9 nitrogen and oxygen atoms in total. The van der Waals surface area contributed by atoms with Crippen LogP contribution in [0.25, 0.3) is 17.8 Å². The molecule has 1 N–H and O–H groups in total. The lowest BCUT2D eigenvalue weighted by Gasteiger charge is -2.36. The van der Waals surface area contributed by atoms with Gasteiger partial charge in [0.1, 0.15) is 0 Å². The van der Waals surface area contributed by atoms with Gasteiger partial charge < -0.3 is 14.6 Å². The molecule has 2 aromatic heterocycles. The van der Waals surface area contributed by atoms with E-state index in [1.807, 2.05) is 41.8 Å². The number of carbonyl (C=O) groups excluding carboxylic acids is 1. The highest BCUT2D eigenvalue weighted by atomic mass is 32.1. The molecule has 1 aromatic carbocycles. The first-order valence-corrected chi connectivity index (χ1v) is 14.0. The largest absolute Gasteiger partial charge is 0.511 e. The Balaban J connectivity index is 1.46. The van der Waals surface area contributed by atoms with Crippen LogP contribution in [0.15, 0.2) is 41.4 Å². The Bertz CT molecular complexity index is 1260. The Labute approximate surface area is 225 Å². The third kappa shape index (κ3) is 6.14. The van der Waals surface area contributed by atoms with Gasteiger partial charge in [-0.3, -0.25) is 9.69 Å². The van der Waals surface area contributed by atoms with Crippen molar-refractivity contribution < 1.29 is 24.2 Å². The Hall–Kier alpha value is -3.50. The number of nitrogens with zero attached hydrogens (tertiary/aromatic N) is 4. The Morgan fingerprint density at radius 2 is 1.84 bits per heavy atom. The van der Waals surface area contributed by atoms with Crippen molar-refractivity contribution in [3.05, 3.63) is 52.6 Å². The molecule has 0 bridgehead atoms. The Kier molecular flexibility index (Phi) is 8.19. The van der Waals surface area contributed by atoms with Gasteiger partial charge in [-0.15, -0.1) is 16.4 Å². The fraction of sp³-hybridized carbons (Fsp3) is 0.429. The summed E-state index contributed by atoms with van der Waals surface area (Å²) in [5, 5.41) is 16.2. The van der Waals surface area contributed by atoms with Crippen LogP contribution in [0.3, 0.4) is 0 Å². The summed E-state index contributed by atoms with van der Waals surface area (Å²) in [4.78, 5) is 31.5. The molecule has 200 valence electrons. The van der Waals surface area contributed by atoms with Crippen LogP contribution in [0.4, 0.5) is 10.6 Å². The lowest BCUT2D eigenvalue weighted by molar-refractivity contribution is -0.124. The zero-order valence-electron chi connectivity index (χ0n) is 21.4. The maximum absolute atomic E-state index is 13.9. The number of ether oxygens (including phenoxy) is 2. The van der Waals surface area contributed by atoms with E-state index >= 15 is 0 Å². The van der Waals surface area contributed by atoms with Crippen LogP contribution in [0.5, 0.6) is 5.75 Å². The molecule has 3 aromatic rings. The number of benzene rings is 1. The molecule has 10 heteroatoms. The number of rotatable bonds is 7. The number of amides is 1. The van der Waals surface area contributed by atoms with Gasteiger partial charge in [0.2, 0.25) is 11.7 Å². The second-order valence-corrected chi connectivity index (χ2v) is 10.7. The second-order valence-electron chi connectivity index (χ2n) is 9.98. The highest BCUT2D eigenvalue weighted by Crippen LogP contribution is 2.37. The molecular weight excluding hydrogens is 504 g/mol. The Morgan fingerprint density at radius 3 is 2.50 bits per heavy atom. The van der Waals surface area contributed by atoms with Gasteiger partial charge in [-0.05, 0) is 68.2 Å². The van der Waals surface area contributed by atoms with Crippen molar-refractivity contribution in [3.8, 4) is 11.4 Å². The molecule has 1 saturated heterocycles. The van der Waals surface area contributed by atoms with E-state index in [9.17, 15) is 14.7 Å². The molecule has 38 heavy (non-hydrogen) atoms. The summed E-state index contributed by atoms with van der Waals surface area (Å²) in [6.07, 6.45) is 9.00. The minimum atomic E-state index is -1.45. The first kappa shape index (κ1) is 26.1. The van der Waals surface area contributed by atoms with E-state index in [0.717, 1.165) is 42.6 Å². The minimum absolute atomic E-state index is 0.00758. The first-order chi connectivity index (χ1) is 18.5. The van der Waals surface area contributed by atoms with Crippen LogP contribution in [-0.4, -0.2) is 51.2 Å². The van der Waals surface area contributed by atoms with Gasteiger partial charge in [0.25, 0.3) is 0 Å². The number of hydrogen-bond acceptors (Lipinski definition) is 7. The molecular formula is C28H32N4O5S. The third-order valence-corrected chi connectivity index (χ3v) is 7.91. The van der Waals surface area contributed by atoms with Gasteiger partial charge >= 0.3 is 6.16 Å². The summed E-state index contributed by atoms with van der Waals surface area (Å²) in [6, 6.07) is 7.55. The summed E-state index contributed by atoms with van der Waals surface area (Å²) in [5.41, 5.74) is 4.40. The molecule has 2 aliphatic rings. The van der Waals surface area contributed by atoms with E-state index in [1.54, 1.807) is 26.4 Å². The number of carbonyl (C=O) groups is 2. The van der Waals surface area contributed by atoms with Gasteiger partial charge in [-0.25, -0.2) is 14.5 Å². The maximum Gasteiger partial charge on any atom is 0.511 e. The molecule has 1 aliphatic heterocycles. The van der Waals surface area contributed by atoms with E-state index < -0.39 is 6.16 Å². The van der Waals surface area contributed by atoms with E-state index in [-0.39, 0.29) is 29.4 Å². The lowest BCUT2D eigenvalue weighted by atomic mass is 9.82. The number of aromatic nitrogens is 3. The van der Waals surface area contributed by atoms with E-state index in [1.165, 1.54) is 6.20 Å². The smallest absolute Gasteiger partial charge is 0.449 e. The maximum atomic E-state index is 13.9. The van der Waals surface area contributed by atoms with Gasteiger partial charge in [-0.2, -0.15) is 0 Å². The quantitative estimate of drug-likeness (QED) is 0.375. The molecule has 0 radical (unpaired) electrons. The fourth-order valence-corrected chi connectivity index (χ4v) is 5.66. The van der Waals surface area contributed by atoms with Crippen LogP contribution < -0.4 is 9.64 Å². The van der Waals surface area contributed by atoms with E-state index in [2.05, 4.69) is 11.9 Å². The van der Waals surface area contributed by atoms with Crippen LogP contribution in [-0.2, 0) is 9.53 Å². The van der Waals surface area contributed by atoms with Crippen molar-refractivity contribution in [2.24, 2.45) is 11.8 Å². The van der Waals surface area contributed by atoms with Gasteiger partial charge in [0.05, 0.1) is 23.1 Å². The Morgan fingerprint density at radius 1 is 1.11 bits per heavy atom. The average Bonchev–Trinajstić information content (AvgIpc) is 3.59. The molecule has 2 fully saturated rings. The van der Waals surface area contributed by atoms with Crippen LogP contribution in [0.2, 0.25) is 0 Å². The SMILES string of the molecule is CC1CCC(C(=O)N(c2nn(-c3ccc(/C=C\c4cscn4)cc3)cc2OC(=O)O)C2CCOCC2)CC1. The molecule has 3 heterocycles. The number of hydrogen-bond donors (Lipinski definition) is 1. The zero-order chi connectivity index (χ0) is 26.5.